The molecule has 0 aromatic heterocycles. The lowest BCUT2D eigenvalue weighted by atomic mass is 9.49. The summed E-state index contributed by atoms with van der Waals surface area (Å²) in [6.45, 7) is -2.27. The highest BCUT2D eigenvalue weighted by molar-refractivity contribution is 7.90. The fraction of sp³-hybridized carbons (Fsp3) is 0.951. The quantitative estimate of drug-likeness (QED) is 0.0339. The van der Waals surface area contributed by atoms with E-state index >= 15 is 0 Å². The van der Waals surface area contributed by atoms with Crippen LogP contribution in [0.2, 0.25) is 0 Å². The van der Waals surface area contributed by atoms with Crippen LogP contribution in [0.15, 0.2) is 0 Å². The van der Waals surface area contributed by atoms with E-state index in [2.05, 4.69) is 9.47 Å². The van der Waals surface area contributed by atoms with Gasteiger partial charge in [-0.05, 0) is 176 Å². The molecule has 0 amide bonds. The van der Waals surface area contributed by atoms with Gasteiger partial charge in [0.1, 0.15) is 12.2 Å². The fourth-order valence-electron chi connectivity index (χ4n) is 20.5. The van der Waals surface area contributed by atoms with Gasteiger partial charge in [0.25, 0.3) is 26.2 Å². The maximum absolute atomic E-state index is 14.3. The van der Waals surface area contributed by atoms with Crippen molar-refractivity contribution in [1.29, 1.82) is 0 Å². The van der Waals surface area contributed by atoms with Crippen molar-refractivity contribution in [2.24, 2.45) is 75.9 Å². The van der Waals surface area contributed by atoms with Crippen LogP contribution in [0.25, 0.3) is 0 Å². The van der Waals surface area contributed by atoms with Gasteiger partial charge in [0, 0.05) is 43.7 Å². The topological polar surface area (TPSA) is 464 Å². The van der Waals surface area contributed by atoms with Gasteiger partial charge >= 0.3 is 80.5 Å². The van der Waals surface area contributed by atoms with Gasteiger partial charge < -0.3 is 46.4 Å². The lowest BCUT2D eigenvalue weighted by Crippen LogP contribution is -2.63. The van der Waals surface area contributed by atoms with Crippen LogP contribution < -0.4 is 0 Å². The summed E-state index contributed by atoms with van der Waals surface area (Å²) >= 11 is 0. The molecule has 0 N–H and O–H groups in total. The Bertz CT molecular complexity index is 4630. The number of ether oxygens (including phenoxy) is 5. The number of rotatable bonds is 21. The maximum atomic E-state index is 14.3. The number of alkyl halides is 21. The first-order chi connectivity index (χ1) is 53.1. The molecule has 12 bridgehead atoms. The Balaban J connectivity index is 0.000000271. The highest BCUT2D eigenvalue weighted by atomic mass is 32.2. The number of esters is 3. The molecule has 0 aromatic carbocycles. The molecule has 684 valence electrons. The van der Waals surface area contributed by atoms with E-state index in [9.17, 15) is 188 Å². The summed E-state index contributed by atoms with van der Waals surface area (Å²) in [6, 6.07) is 0. The highest BCUT2D eigenvalue weighted by Gasteiger charge is 2.81. The van der Waals surface area contributed by atoms with Gasteiger partial charge in [0.2, 0.25) is 0 Å². The van der Waals surface area contributed by atoms with Gasteiger partial charge in [-0.15, -0.1) is 0 Å². The Morgan fingerprint density at radius 3 is 1.32 bits per heavy atom. The molecule has 57 heteroatoms. The molecular formula is C61H78F21NO28S7. The zero-order valence-electron chi connectivity index (χ0n) is 65.3. The molecule has 118 heavy (non-hydrogen) atoms. The van der Waals surface area contributed by atoms with E-state index in [1.165, 1.54) is 0 Å². The van der Waals surface area contributed by atoms with E-state index in [1.54, 1.807) is 0 Å². The van der Waals surface area contributed by atoms with Crippen molar-refractivity contribution in [2.75, 3.05) is 19.7 Å². The number of piperidine rings is 1. The third-order valence-electron chi connectivity index (χ3n) is 25.1. The molecule has 11 atom stereocenters. The number of hydrogen-bond acceptors (Lipinski definition) is 28. The van der Waals surface area contributed by atoms with Gasteiger partial charge in [0.05, 0.1) is 41.3 Å². The number of hydrogen-bond donors (Lipinski definition) is 0. The lowest BCUT2D eigenvalue weighted by Gasteiger charge is -2.55. The minimum absolute atomic E-state index is 0. The Hall–Kier alpha value is -3.77. The van der Waals surface area contributed by atoms with Crippen LogP contribution in [0.1, 0.15) is 168 Å². The van der Waals surface area contributed by atoms with Gasteiger partial charge in [-0.3, -0.25) is 13.8 Å². The number of fused-ring (bicyclic) bond motifs is 6. The molecular weight excluding hydrogens is 1820 g/mol. The van der Waals surface area contributed by atoms with E-state index in [-0.39, 0.29) is 86.5 Å². The molecule has 0 radical (unpaired) electrons. The van der Waals surface area contributed by atoms with Gasteiger partial charge in [-0.25, -0.2) is 55.3 Å². The summed E-state index contributed by atoms with van der Waals surface area (Å²) < 4.78 is 512. The maximum Gasteiger partial charge on any atom is 1.00 e. The van der Waals surface area contributed by atoms with E-state index in [4.69, 9.17) is 18.4 Å². The first kappa shape index (κ1) is 96.4. The van der Waals surface area contributed by atoms with E-state index in [0.29, 0.717) is 62.7 Å². The van der Waals surface area contributed by atoms with E-state index < -0.39 is 246 Å². The second-order valence-corrected chi connectivity index (χ2v) is 43.8. The molecule has 16 fully saturated rings. The molecule has 16 rings (SSSR count). The molecule has 3 saturated heterocycles. The van der Waals surface area contributed by atoms with Crippen LogP contribution in [0, 0.1) is 75.9 Å². The highest BCUT2D eigenvalue weighted by Crippen LogP contribution is 2.66. The van der Waals surface area contributed by atoms with E-state index in [0.717, 1.165) is 57.8 Å². The van der Waals surface area contributed by atoms with Gasteiger partial charge in [0.15, 0.2) is 56.4 Å². The molecule has 11 unspecified atom stereocenters. The van der Waals surface area contributed by atoms with Gasteiger partial charge in [-0.1, -0.05) is 12.8 Å². The van der Waals surface area contributed by atoms with Crippen molar-refractivity contribution >= 4 is 88.6 Å². The second kappa shape index (κ2) is 31.4. The standard InChI is InChI=1S/2C15H20F4O5S.C14H17F5O5S.C9H10F2O8S2.C8H11F6NO5S2/c16-14(17,15(18,19)25(20,21)22)10-7-8-6-9(10)12-11(8)23-13(24-12)4-2-1-3-5-13;16-14(17,15(18,19)25(21,22)23)1-2-24-12(20)13-6-9-3-10(7-13)5-11(4-9)8-13;15-13(16,17)10(14(18,19)25(21,22)23)24-11(20)12-4-7-1-8(5-12)3-9(2-7)6-12;10-9(11,21(15,16)17)8(12)18-6-3-1-4-5(2-3)20(13,14)19-7(4)6;9-6(10,8(13,14)22(18,19)20)7(11,12)21(16,17)15-4-2-1-3-5-15/h8-12H,1-7H2,(H,20,21,22);9-11H,1-8H2,(H,21,22,23);7-10H,1-6H2,(H,21,22,23);3-7H,1-2H2,(H,15,16,17);1-5H2,(H,18,19,20)/i/hT5. The Morgan fingerprint density at radius 1 is 0.475 bits per heavy atom. The van der Waals surface area contributed by atoms with Crippen LogP contribution in [0.4, 0.5) is 92.2 Å². The lowest BCUT2D eigenvalue weighted by molar-refractivity contribution is -0.266. The average molecular weight is 1910 g/mol. The second-order valence-electron chi connectivity index (χ2n) is 32.9. The number of sulfonamides is 1. The normalized spacial score (nSPS) is 34.7. The molecule has 1 spiro atoms. The van der Waals surface area contributed by atoms with Crippen molar-refractivity contribution < 1.29 is 223 Å². The van der Waals surface area contributed by atoms with Crippen LogP contribution in [0.3, 0.4) is 0 Å². The number of nitrogens with zero attached hydrogens (tertiary/aromatic N) is 1. The van der Waals surface area contributed by atoms with Crippen LogP contribution in [-0.2, 0) is 113 Å². The largest absolute Gasteiger partial charge is 1.00 e. The third kappa shape index (κ3) is 17.2. The molecule has 3 heterocycles. The zero-order valence-corrected chi connectivity index (χ0v) is 66.0. The van der Waals surface area contributed by atoms with Crippen molar-refractivity contribution in [3.05, 3.63) is 0 Å². The zero-order chi connectivity index (χ0) is 89.2. The fourth-order valence-corrected chi connectivity index (χ4v) is 26.0. The minimum Gasteiger partial charge on any atom is -0.743 e. The summed E-state index contributed by atoms with van der Waals surface area (Å²) in [4.78, 5) is 36.0. The predicted octanol–water partition coefficient (Wildman–Crippen LogP) is 9.49. The predicted molar refractivity (Wildman–Crippen MR) is 345 cm³/mol. The third-order valence-corrected chi connectivity index (χ3v) is 33.2. The molecule has 0 aromatic rings. The SMILES string of the molecule is O=C(OC(C(F)(F)F)C(F)(F)S(=O)(=O)[O-])C12CC3CC(CC(C3)C1)C2.O=C(OC1C2CC3C1OS(=O)(=O)C3C2)C(F)(F)S(=O)(=O)[O-].O=C(OCCC(F)(F)C(F)(F)S(=O)(=O)[O-])C12CC3CC(CC(C3)C1)C2.O=S(=O)([O-])C(F)(F)C(F)(F)C(F)(F)S(=O)(=O)N1CCCCC1.O=S(=O)([O-])C(F)(F)C(F)(F)C1CC2CC1C1OC3(CCCCC3)OC21.[3H+].[3H+].[3H+].[3H+].[3H+]. The Morgan fingerprint density at radius 2 is 0.898 bits per heavy atom. The summed E-state index contributed by atoms with van der Waals surface area (Å²) in [7, 11) is -43.2. The van der Waals surface area contributed by atoms with Crippen molar-refractivity contribution in [2.45, 2.75) is 258 Å². The van der Waals surface area contributed by atoms with Crippen molar-refractivity contribution in [3.8, 4) is 0 Å². The van der Waals surface area contributed by atoms with Crippen LogP contribution in [0.5, 0.6) is 0 Å². The number of carbonyl (C=O) groups is 3. The smallest absolute Gasteiger partial charge is 0.743 e. The monoisotopic (exact) mass is 1910 g/mol. The van der Waals surface area contributed by atoms with Gasteiger partial charge in [-0.2, -0.15) is 105 Å². The molecule has 13 aliphatic carbocycles. The molecule has 16 aliphatic rings. The van der Waals surface area contributed by atoms with Crippen molar-refractivity contribution in [3.63, 3.8) is 0 Å². The number of halogens is 21. The molecule has 13 saturated carbocycles. The first-order valence-electron chi connectivity index (χ1n) is 36.3. The van der Waals surface area contributed by atoms with Crippen molar-refractivity contribution in [1.82, 2.24) is 4.31 Å². The summed E-state index contributed by atoms with van der Waals surface area (Å²) in [5.41, 5.74) is -2.02. The number of carbonyl (C=O) groups excluding carboxylic acids is 3. The average Bonchev–Trinajstić information content (AvgIpc) is 1.65. The summed E-state index contributed by atoms with van der Waals surface area (Å²) in [5, 5.41) is -36.4. The summed E-state index contributed by atoms with van der Waals surface area (Å²) in [5.74, 6) is -25.0. The Kier molecular flexibility index (Phi) is 25.6. The minimum atomic E-state index is -7.23. The van der Waals surface area contributed by atoms with E-state index in [1.807, 2.05) is 0 Å². The summed E-state index contributed by atoms with van der Waals surface area (Å²) in [6.07, 6.45) is -2.17. The first-order valence-corrected chi connectivity index (χ1v) is 46.2. The Labute approximate surface area is 666 Å². The van der Waals surface area contributed by atoms with Crippen LogP contribution in [-0.4, -0.2) is 221 Å². The van der Waals surface area contributed by atoms with Crippen LogP contribution >= 0.6 is 0 Å². The molecule has 3 aliphatic heterocycles. The molecule has 29 nitrogen and oxygen atoms in total.